The number of amides is 1. The normalized spacial score (nSPS) is 17.3. The van der Waals surface area contributed by atoms with Gasteiger partial charge in [-0.15, -0.1) is 0 Å². The number of hydrogen-bond donors (Lipinski definition) is 2. The third-order valence-corrected chi connectivity index (χ3v) is 3.60. The second-order valence-electron chi connectivity index (χ2n) is 5.35. The van der Waals surface area contributed by atoms with E-state index in [4.69, 9.17) is 5.11 Å². The molecule has 1 aliphatic carbocycles. The molecule has 20 heavy (non-hydrogen) atoms. The highest BCUT2D eigenvalue weighted by atomic mass is 19.1. The first kappa shape index (κ1) is 14.5. The van der Waals surface area contributed by atoms with Crippen LogP contribution in [-0.2, 0) is 9.59 Å². The Morgan fingerprint density at radius 3 is 2.60 bits per heavy atom. The zero-order chi connectivity index (χ0) is 14.7. The lowest BCUT2D eigenvalue weighted by Gasteiger charge is -2.16. The monoisotopic (exact) mass is 279 g/mol. The highest BCUT2D eigenvalue weighted by Gasteiger charge is 2.37. The molecule has 0 radical (unpaired) electrons. The molecule has 0 bridgehead atoms. The molecular weight excluding hydrogens is 261 g/mol. The average molecular weight is 279 g/mol. The van der Waals surface area contributed by atoms with Crippen LogP contribution in [0, 0.1) is 11.7 Å². The van der Waals surface area contributed by atoms with Crippen molar-refractivity contribution >= 4 is 11.9 Å². The van der Waals surface area contributed by atoms with Gasteiger partial charge in [-0.25, -0.2) is 9.18 Å². The number of carboxylic acids is 1. The molecule has 4 nitrogen and oxygen atoms in total. The summed E-state index contributed by atoms with van der Waals surface area (Å²) in [6, 6.07) is 5.50. The van der Waals surface area contributed by atoms with Crippen LogP contribution < -0.4 is 5.32 Å². The molecule has 1 saturated carbocycles. The molecule has 0 heterocycles. The summed E-state index contributed by atoms with van der Waals surface area (Å²) in [4.78, 5) is 22.9. The second kappa shape index (κ2) is 6.03. The van der Waals surface area contributed by atoms with Crippen LogP contribution in [0.25, 0.3) is 0 Å². The number of carboxylic acid groups (broad SMARTS) is 1. The molecule has 108 valence electrons. The Hall–Kier alpha value is -1.91. The fourth-order valence-corrected chi connectivity index (χ4v) is 2.31. The number of halogens is 1. The van der Waals surface area contributed by atoms with Crippen LogP contribution in [0.1, 0.15) is 37.7 Å². The van der Waals surface area contributed by atoms with Crippen LogP contribution in [-0.4, -0.2) is 23.0 Å². The van der Waals surface area contributed by atoms with Gasteiger partial charge < -0.3 is 10.4 Å². The lowest BCUT2D eigenvalue weighted by Crippen LogP contribution is -2.42. The summed E-state index contributed by atoms with van der Waals surface area (Å²) in [6.07, 6.45) is 1.75. The van der Waals surface area contributed by atoms with Gasteiger partial charge in [-0.2, -0.15) is 0 Å². The summed E-state index contributed by atoms with van der Waals surface area (Å²) >= 11 is 0. The van der Waals surface area contributed by atoms with Crippen molar-refractivity contribution in [3.8, 4) is 0 Å². The largest absolute Gasteiger partial charge is 0.480 e. The molecule has 0 saturated heterocycles. The van der Waals surface area contributed by atoms with Crippen LogP contribution in [0.15, 0.2) is 24.3 Å². The van der Waals surface area contributed by atoms with Crippen molar-refractivity contribution in [2.75, 3.05) is 0 Å². The Bertz CT molecular complexity index is 514. The van der Waals surface area contributed by atoms with Crippen LogP contribution in [0.3, 0.4) is 0 Å². The number of hydrogen-bond acceptors (Lipinski definition) is 2. The van der Waals surface area contributed by atoms with E-state index in [9.17, 15) is 14.0 Å². The molecule has 0 aliphatic heterocycles. The standard InChI is InChI=1S/C15H18FNO3/c1-9(11-4-2-3-5-12(11)16)8-13(18)17-14(15(19)20)10-6-7-10/h2-5,9-10,14H,6-8H2,1H3,(H,17,18)(H,19,20). The number of aliphatic carboxylic acids is 1. The third-order valence-electron chi connectivity index (χ3n) is 3.60. The van der Waals surface area contributed by atoms with Gasteiger partial charge in [-0.3, -0.25) is 4.79 Å². The van der Waals surface area contributed by atoms with Crippen LogP contribution in [0.5, 0.6) is 0 Å². The quantitative estimate of drug-likeness (QED) is 0.839. The van der Waals surface area contributed by atoms with Gasteiger partial charge >= 0.3 is 5.97 Å². The lowest BCUT2D eigenvalue weighted by atomic mass is 9.96. The predicted molar refractivity (Wildman–Crippen MR) is 71.7 cm³/mol. The summed E-state index contributed by atoms with van der Waals surface area (Å²) in [5, 5.41) is 11.6. The van der Waals surface area contributed by atoms with Crippen LogP contribution in [0.4, 0.5) is 4.39 Å². The zero-order valence-corrected chi connectivity index (χ0v) is 11.3. The molecule has 1 aliphatic rings. The minimum atomic E-state index is -1.00. The molecule has 0 spiro atoms. The predicted octanol–water partition coefficient (Wildman–Crippen LogP) is 2.30. The smallest absolute Gasteiger partial charge is 0.326 e. The minimum Gasteiger partial charge on any atom is -0.480 e. The van der Waals surface area contributed by atoms with Crippen molar-refractivity contribution in [2.45, 2.75) is 38.1 Å². The topological polar surface area (TPSA) is 66.4 Å². The van der Waals surface area contributed by atoms with E-state index in [1.165, 1.54) is 6.07 Å². The van der Waals surface area contributed by atoms with Crippen molar-refractivity contribution in [2.24, 2.45) is 5.92 Å². The van der Waals surface area contributed by atoms with Gasteiger partial charge in [0.25, 0.3) is 0 Å². The maximum atomic E-state index is 13.6. The van der Waals surface area contributed by atoms with Crippen molar-refractivity contribution in [1.29, 1.82) is 0 Å². The Morgan fingerprint density at radius 2 is 2.05 bits per heavy atom. The highest BCUT2D eigenvalue weighted by Crippen LogP contribution is 2.33. The number of nitrogens with one attached hydrogen (secondary N) is 1. The van der Waals surface area contributed by atoms with Crippen molar-refractivity contribution in [3.63, 3.8) is 0 Å². The highest BCUT2D eigenvalue weighted by molar-refractivity contribution is 5.84. The number of carbonyl (C=O) groups is 2. The molecule has 1 aromatic carbocycles. The van der Waals surface area contributed by atoms with Gasteiger partial charge in [0, 0.05) is 6.42 Å². The van der Waals surface area contributed by atoms with E-state index in [0.29, 0.717) is 5.56 Å². The van der Waals surface area contributed by atoms with Crippen LogP contribution in [0.2, 0.25) is 0 Å². The first-order chi connectivity index (χ1) is 9.49. The van der Waals surface area contributed by atoms with E-state index in [2.05, 4.69) is 5.32 Å². The summed E-state index contributed by atoms with van der Waals surface area (Å²) in [5.41, 5.74) is 0.473. The zero-order valence-electron chi connectivity index (χ0n) is 11.3. The average Bonchev–Trinajstić information content (AvgIpc) is 3.20. The first-order valence-corrected chi connectivity index (χ1v) is 6.75. The Labute approximate surface area is 117 Å². The lowest BCUT2D eigenvalue weighted by molar-refractivity contribution is -0.142. The number of carbonyl (C=O) groups excluding carboxylic acids is 1. The maximum Gasteiger partial charge on any atom is 0.326 e. The fraction of sp³-hybridized carbons (Fsp3) is 0.467. The molecule has 1 amide bonds. The van der Waals surface area contributed by atoms with E-state index in [1.807, 2.05) is 0 Å². The van der Waals surface area contributed by atoms with E-state index < -0.39 is 12.0 Å². The Morgan fingerprint density at radius 1 is 1.40 bits per heavy atom. The van der Waals surface area contributed by atoms with Crippen molar-refractivity contribution < 1.29 is 19.1 Å². The molecule has 2 rings (SSSR count). The number of rotatable bonds is 6. The summed E-state index contributed by atoms with van der Waals surface area (Å²) in [5.74, 6) is -1.94. The van der Waals surface area contributed by atoms with E-state index in [-0.39, 0.29) is 30.0 Å². The minimum absolute atomic E-state index is 0.0419. The molecule has 2 atom stereocenters. The van der Waals surface area contributed by atoms with Crippen LogP contribution >= 0.6 is 0 Å². The molecule has 1 aromatic rings. The Balaban J connectivity index is 1.94. The van der Waals surface area contributed by atoms with Gasteiger partial charge in [0.15, 0.2) is 0 Å². The Kier molecular flexibility index (Phi) is 4.37. The van der Waals surface area contributed by atoms with Gasteiger partial charge in [0.2, 0.25) is 5.91 Å². The van der Waals surface area contributed by atoms with E-state index in [1.54, 1.807) is 25.1 Å². The fourth-order valence-electron chi connectivity index (χ4n) is 2.31. The molecule has 0 aromatic heterocycles. The van der Waals surface area contributed by atoms with Gasteiger partial charge in [0.1, 0.15) is 11.9 Å². The van der Waals surface area contributed by atoms with Gasteiger partial charge in [-0.05, 0) is 36.3 Å². The second-order valence-corrected chi connectivity index (χ2v) is 5.35. The molecule has 5 heteroatoms. The summed E-state index contributed by atoms with van der Waals surface area (Å²) in [7, 11) is 0. The van der Waals surface area contributed by atoms with E-state index in [0.717, 1.165) is 12.8 Å². The first-order valence-electron chi connectivity index (χ1n) is 6.75. The van der Waals surface area contributed by atoms with Crippen molar-refractivity contribution in [3.05, 3.63) is 35.6 Å². The third kappa shape index (κ3) is 3.56. The van der Waals surface area contributed by atoms with Gasteiger partial charge in [-0.1, -0.05) is 25.1 Å². The molecular formula is C15H18FNO3. The molecule has 2 unspecified atom stereocenters. The van der Waals surface area contributed by atoms with Crippen molar-refractivity contribution in [1.82, 2.24) is 5.32 Å². The SMILES string of the molecule is CC(CC(=O)NC(C(=O)O)C1CC1)c1ccccc1F. The molecule has 2 N–H and O–H groups in total. The molecule has 1 fully saturated rings. The number of benzene rings is 1. The summed E-state index contributed by atoms with van der Waals surface area (Å²) in [6.45, 7) is 1.75. The van der Waals surface area contributed by atoms with E-state index >= 15 is 0 Å². The summed E-state index contributed by atoms with van der Waals surface area (Å²) < 4.78 is 13.6. The maximum absolute atomic E-state index is 13.6. The van der Waals surface area contributed by atoms with Gasteiger partial charge in [0.05, 0.1) is 0 Å².